The Morgan fingerprint density at radius 3 is 2.15 bits per heavy atom. The van der Waals surface area contributed by atoms with Crippen LogP contribution in [0.5, 0.6) is 23.0 Å². The second kappa shape index (κ2) is 7.45. The van der Waals surface area contributed by atoms with Gasteiger partial charge in [0.25, 0.3) is 11.8 Å². The summed E-state index contributed by atoms with van der Waals surface area (Å²) in [5, 5.41) is 40.8. The molecule has 1 heterocycles. The molecule has 0 saturated carbocycles. The van der Waals surface area contributed by atoms with Crippen LogP contribution >= 0.6 is 0 Å². The number of phenolic OH excluding ortho intramolecular Hbond substituents is 4. The van der Waals surface area contributed by atoms with E-state index in [1.807, 2.05) is 0 Å². The van der Waals surface area contributed by atoms with Gasteiger partial charge in [-0.1, -0.05) is 6.07 Å². The molecule has 0 bridgehead atoms. The van der Waals surface area contributed by atoms with Crippen LogP contribution in [0.2, 0.25) is 0 Å². The third-order valence-corrected chi connectivity index (χ3v) is 4.54. The molecule has 5 N–H and O–H groups in total. The summed E-state index contributed by atoms with van der Waals surface area (Å²) in [5.41, 5.74) is 0.439. The number of carbonyl (C=O) groups excluding carboxylic acids is 2. The van der Waals surface area contributed by atoms with Crippen molar-refractivity contribution in [3.8, 4) is 23.0 Å². The Bertz CT molecular complexity index is 851. The fourth-order valence-electron chi connectivity index (χ4n) is 3.05. The normalized spacial score (nSPS) is 14.7. The summed E-state index contributed by atoms with van der Waals surface area (Å²) in [6.45, 7) is 0.790. The van der Waals surface area contributed by atoms with Crippen LogP contribution in [0.15, 0.2) is 36.4 Å². The van der Waals surface area contributed by atoms with Gasteiger partial charge < -0.3 is 30.6 Å². The number of piperidine rings is 1. The lowest BCUT2D eigenvalue weighted by Crippen LogP contribution is -2.46. The Labute approximate surface area is 155 Å². The Morgan fingerprint density at radius 2 is 1.56 bits per heavy atom. The molecule has 3 rings (SSSR count). The number of amides is 2. The fraction of sp³-hybridized carbons (Fsp3) is 0.263. The third kappa shape index (κ3) is 4.05. The van der Waals surface area contributed by atoms with E-state index < -0.39 is 17.2 Å². The van der Waals surface area contributed by atoms with Crippen LogP contribution in [-0.2, 0) is 0 Å². The molecule has 2 amide bonds. The summed E-state index contributed by atoms with van der Waals surface area (Å²) in [6, 6.07) is 8.18. The second-order valence-electron chi connectivity index (χ2n) is 6.45. The molecular weight excluding hydrogens is 352 g/mol. The average molecular weight is 372 g/mol. The predicted octanol–water partition coefficient (Wildman–Crippen LogP) is 1.54. The summed E-state index contributed by atoms with van der Waals surface area (Å²) in [6.07, 6.45) is 1.10. The van der Waals surface area contributed by atoms with E-state index in [-0.39, 0.29) is 29.2 Å². The molecule has 2 aromatic rings. The molecule has 0 spiro atoms. The second-order valence-corrected chi connectivity index (χ2v) is 6.45. The first kappa shape index (κ1) is 18.4. The monoisotopic (exact) mass is 372 g/mol. The molecule has 0 aliphatic carbocycles. The highest BCUT2D eigenvalue weighted by Crippen LogP contribution is 2.35. The minimum atomic E-state index is -0.667. The van der Waals surface area contributed by atoms with Crippen LogP contribution in [-0.4, -0.2) is 56.3 Å². The maximum atomic E-state index is 12.5. The molecular formula is C19H20N2O6. The lowest BCUT2D eigenvalue weighted by molar-refractivity contribution is 0.0697. The molecule has 1 saturated heterocycles. The molecule has 8 nitrogen and oxygen atoms in total. The molecule has 142 valence electrons. The number of hydrogen-bond donors (Lipinski definition) is 5. The lowest BCUT2D eigenvalue weighted by atomic mass is 10.0. The average Bonchev–Trinajstić information content (AvgIpc) is 2.65. The van der Waals surface area contributed by atoms with Gasteiger partial charge in [0.2, 0.25) is 0 Å². The van der Waals surface area contributed by atoms with E-state index in [1.54, 1.807) is 17.0 Å². The van der Waals surface area contributed by atoms with Gasteiger partial charge in [-0.3, -0.25) is 9.59 Å². The minimum absolute atomic E-state index is 0.0171. The standard InChI is InChI=1S/C19H20N2O6/c22-14-3-1-2-11(8-14)18(26)20-13-4-6-21(7-5-13)19(27)12-9-15(23)17(25)16(24)10-12/h1-3,8-10,13,22-25H,4-7H2,(H,20,26). The van der Waals surface area contributed by atoms with E-state index >= 15 is 0 Å². The molecule has 0 radical (unpaired) electrons. The topological polar surface area (TPSA) is 130 Å². The van der Waals surface area contributed by atoms with Gasteiger partial charge in [0.1, 0.15) is 5.75 Å². The van der Waals surface area contributed by atoms with Crippen molar-refractivity contribution in [1.29, 1.82) is 0 Å². The number of nitrogens with zero attached hydrogens (tertiary/aromatic N) is 1. The van der Waals surface area contributed by atoms with Crippen LogP contribution in [0.3, 0.4) is 0 Å². The van der Waals surface area contributed by atoms with Crippen molar-refractivity contribution in [1.82, 2.24) is 10.2 Å². The van der Waals surface area contributed by atoms with Crippen LogP contribution < -0.4 is 5.32 Å². The summed E-state index contributed by atoms with van der Waals surface area (Å²) in [5.74, 6) is -2.44. The Morgan fingerprint density at radius 1 is 0.926 bits per heavy atom. The minimum Gasteiger partial charge on any atom is -0.508 e. The number of hydrogen-bond acceptors (Lipinski definition) is 6. The van der Waals surface area contributed by atoms with Crippen molar-refractivity contribution in [3.63, 3.8) is 0 Å². The van der Waals surface area contributed by atoms with Gasteiger partial charge in [0.05, 0.1) is 0 Å². The first-order valence-corrected chi connectivity index (χ1v) is 8.49. The van der Waals surface area contributed by atoms with Gasteiger partial charge in [0.15, 0.2) is 17.2 Å². The number of nitrogens with one attached hydrogen (secondary N) is 1. The number of likely N-dealkylation sites (tertiary alicyclic amines) is 1. The van der Waals surface area contributed by atoms with Gasteiger partial charge in [-0.05, 0) is 43.2 Å². The van der Waals surface area contributed by atoms with E-state index in [2.05, 4.69) is 5.32 Å². The number of phenols is 4. The lowest BCUT2D eigenvalue weighted by Gasteiger charge is -2.32. The molecule has 1 fully saturated rings. The quantitative estimate of drug-likeness (QED) is 0.520. The van der Waals surface area contributed by atoms with Gasteiger partial charge in [-0.2, -0.15) is 0 Å². The van der Waals surface area contributed by atoms with E-state index in [4.69, 9.17) is 0 Å². The zero-order chi connectivity index (χ0) is 19.6. The van der Waals surface area contributed by atoms with Crippen molar-refractivity contribution in [2.45, 2.75) is 18.9 Å². The van der Waals surface area contributed by atoms with E-state index in [9.17, 15) is 30.0 Å². The van der Waals surface area contributed by atoms with Crippen molar-refractivity contribution in [2.75, 3.05) is 13.1 Å². The third-order valence-electron chi connectivity index (χ3n) is 4.54. The van der Waals surface area contributed by atoms with E-state index in [0.29, 0.717) is 31.5 Å². The first-order chi connectivity index (χ1) is 12.8. The van der Waals surface area contributed by atoms with Crippen LogP contribution in [0.4, 0.5) is 0 Å². The molecule has 2 aromatic carbocycles. The van der Waals surface area contributed by atoms with E-state index in [1.165, 1.54) is 12.1 Å². The molecule has 0 atom stereocenters. The highest BCUT2D eigenvalue weighted by molar-refractivity contribution is 5.96. The van der Waals surface area contributed by atoms with Crippen molar-refractivity contribution >= 4 is 11.8 Å². The molecule has 8 heteroatoms. The van der Waals surface area contributed by atoms with Crippen molar-refractivity contribution in [2.24, 2.45) is 0 Å². The molecule has 0 aromatic heterocycles. The Kier molecular flexibility index (Phi) is 5.07. The number of carbonyl (C=O) groups is 2. The summed E-state index contributed by atoms with van der Waals surface area (Å²) in [7, 11) is 0. The van der Waals surface area contributed by atoms with Crippen LogP contribution in [0, 0.1) is 0 Å². The fourth-order valence-corrected chi connectivity index (χ4v) is 3.05. The molecule has 27 heavy (non-hydrogen) atoms. The van der Waals surface area contributed by atoms with Gasteiger partial charge in [-0.15, -0.1) is 0 Å². The highest BCUT2D eigenvalue weighted by Gasteiger charge is 2.26. The van der Waals surface area contributed by atoms with Crippen molar-refractivity contribution in [3.05, 3.63) is 47.5 Å². The smallest absolute Gasteiger partial charge is 0.254 e. The zero-order valence-electron chi connectivity index (χ0n) is 14.4. The largest absolute Gasteiger partial charge is 0.508 e. The van der Waals surface area contributed by atoms with Crippen molar-refractivity contribution < 1.29 is 30.0 Å². The molecule has 1 aliphatic heterocycles. The Balaban J connectivity index is 1.58. The van der Waals surface area contributed by atoms with Gasteiger partial charge >= 0.3 is 0 Å². The van der Waals surface area contributed by atoms with Crippen LogP contribution in [0.1, 0.15) is 33.6 Å². The Hall–Kier alpha value is -3.42. The number of aromatic hydroxyl groups is 4. The highest BCUT2D eigenvalue weighted by atomic mass is 16.3. The molecule has 1 aliphatic rings. The van der Waals surface area contributed by atoms with Gasteiger partial charge in [0, 0.05) is 30.3 Å². The summed E-state index contributed by atoms with van der Waals surface area (Å²) >= 11 is 0. The summed E-state index contributed by atoms with van der Waals surface area (Å²) in [4.78, 5) is 26.3. The zero-order valence-corrected chi connectivity index (χ0v) is 14.4. The number of benzene rings is 2. The van der Waals surface area contributed by atoms with Crippen LogP contribution in [0.25, 0.3) is 0 Å². The maximum Gasteiger partial charge on any atom is 0.254 e. The maximum absolute atomic E-state index is 12.5. The van der Waals surface area contributed by atoms with E-state index in [0.717, 1.165) is 12.1 Å². The number of rotatable bonds is 3. The first-order valence-electron chi connectivity index (χ1n) is 8.49. The molecule has 0 unspecified atom stereocenters. The SMILES string of the molecule is O=C(NC1CCN(C(=O)c2cc(O)c(O)c(O)c2)CC1)c1cccc(O)c1. The summed E-state index contributed by atoms with van der Waals surface area (Å²) < 4.78 is 0. The predicted molar refractivity (Wildman–Crippen MR) is 95.9 cm³/mol. The van der Waals surface area contributed by atoms with Gasteiger partial charge in [-0.25, -0.2) is 0 Å².